The number of fused-ring (bicyclic) bond motifs is 1. The summed E-state index contributed by atoms with van der Waals surface area (Å²) in [6, 6.07) is 7.99. The summed E-state index contributed by atoms with van der Waals surface area (Å²) in [4.78, 5) is 12.5. The van der Waals surface area contributed by atoms with Gasteiger partial charge < -0.3 is 19.9 Å². The van der Waals surface area contributed by atoms with Crippen LogP contribution in [0, 0.1) is 6.92 Å². The van der Waals surface area contributed by atoms with Crippen LogP contribution in [0.5, 0.6) is 5.75 Å². The third kappa shape index (κ3) is 6.49. The summed E-state index contributed by atoms with van der Waals surface area (Å²) in [7, 11) is 3.88. The Balaban J connectivity index is 1.96. The lowest BCUT2D eigenvalue weighted by Gasteiger charge is -2.15. The van der Waals surface area contributed by atoms with Crippen LogP contribution in [0.15, 0.2) is 29.8 Å². The Labute approximate surface area is 185 Å². The van der Waals surface area contributed by atoms with Crippen molar-refractivity contribution in [2.45, 2.75) is 39.5 Å². The molecule has 5 nitrogen and oxygen atoms in total. The maximum atomic E-state index is 12.5. The molecule has 2 aromatic carbocycles. The molecule has 2 N–H and O–H groups in total. The van der Waals surface area contributed by atoms with E-state index in [1.54, 1.807) is 14.2 Å². The van der Waals surface area contributed by atoms with E-state index in [0.29, 0.717) is 30.5 Å². The zero-order valence-electron chi connectivity index (χ0n) is 18.4. The molecule has 162 valence electrons. The van der Waals surface area contributed by atoms with E-state index in [1.807, 2.05) is 44.2 Å². The van der Waals surface area contributed by atoms with Crippen LogP contribution in [0.25, 0.3) is 16.8 Å². The van der Waals surface area contributed by atoms with Gasteiger partial charge in [0.1, 0.15) is 5.75 Å². The smallest absolute Gasteiger partial charge is 0.360 e. The predicted octanol–water partition coefficient (Wildman–Crippen LogP) is 4.39. The first kappa shape index (κ1) is 24.3. The summed E-state index contributed by atoms with van der Waals surface area (Å²) >= 11 is 6.63. The highest BCUT2D eigenvalue weighted by atomic mass is 35.5. The maximum absolute atomic E-state index is 12.5. The molecule has 2 rings (SSSR count). The molecule has 0 saturated carbocycles. The molecule has 0 aliphatic heterocycles. The number of carbonyl (C=O) groups is 1. The SMILES string of the molecule is COBNCCCCCCNC(=O)/C(C)=C/c1c(Cl)c(OC)c2ccccc2c1C. The van der Waals surface area contributed by atoms with E-state index in [-0.39, 0.29) is 5.91 Å². The highest BCUT2D eigenvalue weighted by molar-refractivity contribution is 6.35. The van der Waals surface area contributed by atoms with Gasteiger partial charge in [-0.15, -0.1) is 0 Å². The lowest BCUT2D eigenvalue weighted by Crippen LogP contribution is -2.25. The number of rotatable bonds is 12. The van der Waals surface area contributed by atoms with E-state index >= 15 is 0 Å². The van der Waals surface area contributed by atoms with Crippen molar-refractivity contribution in [3.05, 3.63) is 46.0 Å². The predicted molar refractivity (Wildman–Crippen MR) is 128 cm³/mol. The summed E-state index contributed by atoms with van der Waals surface area (Å²) in [6.07, 6.45) is 6.14. The van der Waals surface area contributed by atoms with E-state index in [2.05, 4.69) is 10.5 Å². The number of hydrogen-bond acceptors (Lipinski definition) is 4. The number of hydrogen-bond donors (Lipinski definition) is 2. The molecule has 0 aliphatic rings. The van der Waals surface area contributed by atoms with Gasteiger partial charge in [-0.2, -0.15) is 0 Å². The second-order valence-corrected chi connectivity index (χ2v) is 7.74. The summed E-state index contributed by atoms with van der Waals surface area (Å²) in [6.45, 7) is 5.46. The Morgan fingerprint density at radius 3 is 2.43 bits per heavy atom. The average molecular weight is 431 g/mol. The Morgan fingerprint density at radius 1 is 1.10 bits per heavy atom. The van der Waals surface area contributed by atoms with Gasteiger partial charge in [0.2, 0.25) is 5.91 Å². The molecule has 0 aromatic heterocycles. The van der Waals surface area contributed by atoms with Crippen LogP contribution in [0.4, 0.5) is 0 Å². The van der Waals surface area contributed by atoms with Gasteiger partial charge in [0.15, 0.2) is 0 Å². The molecule has 30 heavy (non-hydrogen) atoms. The van der Waals surface area contributed by atoms with E-state index in [9.17, 15) is 4.79 Å². The minimum absolute atomic E-state index is 0.0700. The number of unbranched alkanes of at least 4 members (excludes halogenated alkanes) is 3. The van der Waals surface area contributed by atoms with Crippen LogP contribution >= 0.6 is 11.6 Å². The normalized spacial score (nSPS) is 11.6. The van der Waals surface area contributed by atoms with Crippen molar-refractivity contribution in [3.63, 3.8) is 0 Å². The summed E-state index contributed by atoms with van der Waals surface area (Å²) in [5.41, 5.74) is 2.48. The van der Waals surface area contributed by atoms with Crippen molar-refractivity contribution in [3.8, 4) is 5.75 Å². The lowest BCUT2D eigenvalue weighted by atomic mass is 9.97. The fourth-order valence-corrected chi connectivity index (χ4v) is 3.83. The van der Waals surface area contributed by atoms with Crippen molar-refractivity contribution in [1.29, 1.82) is 0 Å². The molecule has 0 saturated heterocycles. The monoisotopic (exact) mass is 430 g/mol. The Hall–Kier alpha value is -2.02. The van der Waals surface area contributed by atoms with Crippen molar-refractivity contribution in [1.82, 2.24) is 10.5 Å². The van der Waals surface area contributed by atoms with E-state index in [4.69, 9.17) is 21.0 Å². The van der Waals surface area contributed by atoms with Crippen LogP contribution < -0.4 is 15.3 Å². The Bertz CT molecular complexity index is 886. The second-order valence-electron chi connectivity index (χ2n) is 7.36. The van der Waals surface area contributed by atoms with Crippen LogP contribution in [0.3, 0.4) is 0 Å². The molecule has 7 heteroatoms. The average Bonchev–Trinajstić information content (AvgIpc) is 2.75. The molecular weight excluding hydrogens is 399 g/mol. The number of halogens is 1. The molecule has 0 atom stereocenters. The number of aryl methyl sites for hydroxylation is 1. The van der Waals surface area contributed by atoms with Gasteiger partial charge in [-0.25, -0.2) is 0 Å². The van der Waals surface area contributed by atoms with Gasteiger partial charge in [-0.3, -0.25) is 4.79 Å². The van der Waals surface area contributed by atoms with Gasteiger partial charge in [-0.1, -0.05) is 48.7 Å². The maximum Gasteiger partial charge on any atom is 0.360 e. The van der Waals surface area contributed by atoms with E-state index in [0.717, 1.165) is 54.1 Å². The number of methoxy groups -OCH3 is 1. The van der Waals surface area contributed by atoms with Crippen molar-refractivity contribution in [2.75, 3.05) is 27.3 Å². The van der Waals surface area contributed by atoms with Crippen LogP contribution in [0.1, 0.15) is 43.7 Å². The largest absolute Gasteiger partial charge is 0.495 e. The molecule has 0 unspecified atom stereocenters. The molecular formula is C23H32BClN2O3. The first-order chi connectivity index (χ1) is 14.5. The van der Waals surface area contributed by atoms with E-state index in [1.165, 1.54) is 0 Å². The topological polar surface area (TPSA) is 59.6 Å². The number of nitrogens with one attached hydrogen (secondary N) is 2. The summed E-state index contributed by atoms with van der Waals surface area (Å²) in [5, 5.41) is 8.76. The third-order valence-electron chi connectivity index (χ3n) is 5.15. The van der Waals surface area contributed by atoms with Crippen LogP contribution in [-0.4, -0.2) is 40.8 Å². The highest BCUT2D eigenvalue weighted by Crippen LogP contribution is 2.40. The first-order valence-electron chi connectivity index (χ1n) is 10.4. The van der Waals surface area contributed by atoms with E-state index < -0.39 is 0 Å². The van der Waals surface area contributed by atoms with Crippen LogP contribution in [-0.2, 0) is 9.45 Å². The van der Waals surface area contributed by atoms with Crippen LogP contribution in [0.2, 0.25) is 5.02 Å². The van der Waals surface area contributed by atoms with Crippen molar-refractivity contribution in [2.24, 2.45) is 0 Å². The zero-order valence-corrected chi connectivity index (χ0v) is 19.2. The minimum Gasteiger partial charge on any atom is -0.495 e. The number of amides is 1. The van der Waals surface area contributed by atoms with Gasteiger partial charge in [0.25, 0.3) is 0 Å². The summed E-state index contributed by atoms with van der Waals surface area (Å²) < 4.78 is 10.5. The molecule has 2 aromatic rings. The third-order valence-corrected chi connectivity index (χ3v) is 5.53. The quantitative estimate of drug-likeness (QED) is 0.298. The van der Waals surface area contributed by atoms with Gasteiger partial charge >= 0.3 is 7.62 Å². The molecule has 0 spiro atoms. The van der Waals surface area contributed by atoms with Gasteiger partial charge in [-0.05, 0) is 50.3 Å². The second kappa shape index (κ2) is 12.6. The standard InChI is InChI=1S/C23H32BClN2O3/c1-16(23(28)26-13-9-5-6-10-14-27-24-30-4)15-20-17(2)18-11-7-8-12-19(18)22(29-3)21(20)25/h7-8,11-12,15,24,27H,5-6,9-10,13-14H2,1-4H3,(H,26,28)/b16-15+. The van der Waals surface area contributed by atoms with Gasteiger partial charge in [0.05, 0.1) is 12.1 Å². The molecule has 0 bridgehead atoms. The highest BCUT2D eigenvalue weighted by Gasteiger charge is 2.16. The summed E-state index contributed by atoms with van der Waals surface area (Å²) in [5.74, 6) is 0.566. The van der Waals surface area contributed by atoms with Crippen molar-refractivity contribution < 1.29 is 14.2 Å². The van der Waals surface area contributed by atoms with Gasteiger partial charge in [0, 0.05) is 30.2 Å². The molecule has 0 heterocycles. The number of ether oxygens (including phenoxy) is 1. The lowest BCUT2D eigenvalue weighted by molar-refractivity contribution is -0.117. The number of benzene rings is 2. The molecule has 0 fully saturated rings. The molecule has 1 amide bonds. The fourth-order valence-electron chi connectivity index (χ4n) is 3.46. The molecule has 0 radical (unpaired) electrons. The van der Waals surface area contributed by atoms with Crippen molar-refractivity contribution >= 4 is 42.0 Å². The Kier molecular flexibility index (Phi) is 10.2. The molecule has 0 aliphatic carbocycles. The minimum atomic E-state index is -0.0700. The Morgan fingerprint density at radius 2 is 1.77 bits per heavy atom. The zero-order chi connectivity index (χ0) is 21.9. The fraction of sp³-hybridized carbons (Fsp3) is 0.435. The number of carbonyl (C=O) groups excluding carboxylic acids is 1. The first-order valence-corrected chi connectivity index (χ1v) is 10.8.